The molecule has 0 spiro atoms. The molecule has 2 rings (SSSR count). The van der Waals surface area contributed by atoms with Crippen LogP contribution in [0.5, 0.6) is 0 Å². The van der Waals surface area contributed by atoms with Gasteiger partial charge in [-0.1, -0.05) is 12.1 Å². The van der Waals surface area contributed by atoms with Gasteiger partial charge < -0.3 is 5.32 Å². The lowest BCUT2D eigenvalue weighted by Gasteiger charge is -2.26. The van der Waals surface area contributed by atoms with Crippen molar-refractivity contribution in [2.45, 2.75) is 38.8 Å². The molecule has 1 aromatic carbocycles. The highest BCUT2D eigenvalue weighted by Crippen LogP contribution is 2.39. The normalized spacial score (nSPS) is 15.7. The number of nitro benzene ring substituents is 1. The molecule has 1 aliphatic rings. The lowest BCUT2D eigenvalue weighted by molar-refractivity contribution is -0.385. The Kier molecular flexibility index (Phi) is 3.73. The molecule has 0 aliphatic heterocycles. The zero-order chi connectivity index (χ0) is 13.3. The van der Waals surface area contributed by atoms with Crippen LogP contribution in [0, 0.1) is 16.0 Å². The third-order valence-electron chi connectivity index (χ3n) is 3.59. The average Bonchev–Trinajstić information content (AvgIpc) is 3.11. The van der Waals surface area contributed by atoms with E-state index in [2.05, 4.69) is 35.1 Å². The summed E-state index contributed by atoms with van der Waals surface area (Å²) in [6.07, 6.45) is 2.55. The smallest absolute Gasteiger partial charge is 0.283 e. The Morgan fingerprint density at radius 3 is 2.72 bits per heavy atom. The van der Waals surface area contributed by atoms with E-state index in [0.717, 1.165) is 11.5 Å². The molecule has 18 heavy (non-hydrogen) atoms. The topological polar surface area (TPSA) is 55.2 Å². The van der Waals surface area contributed by atoms with Crippen molar-refractivity contribution in [1.82, 2.24) is 5.32 Å². The predicted octanol–water partition coefficient (Wildman–Crippen LogP) is 3.64. The molecule has 0 atom stereocenters. The molecule has 1 saturated carbocycles. The Morgan fingerprint density at radius 1 is 1.50 bits per heavy atom. The first-order valence-electron chi connectivity index (χ1n) is 6.08. The molecule has 0 bridgehead atoms. The van der Waals surface area contributed by atoms with Crippen molar-refractivity contribution in [1.29, 1.82) is 0 Å². The van der Waals surface area contributed by atoms with Gasteiger partial charge in [0.15, 0.2) is 0 Å². The number of hydrogen-bond donors (Lipinski definition) is 1. The Balaban J connectivity index is 2.09. The van der Waals surface area contributed by atoms with Gasteiger partial charge in [0, 0.05) is 18.2 Å². The van der Waals surface area contributed by atoms with Crippen molar-refractivity contribution in [2.75, 3.05) is 0 Å². The number of halogens is 1. The van der Waals surface area contributed by atoms with Gasteiger partial charge in [-0.25, -0.2) is 0 Å². The third-order valence-corrected chi connectivity index (χ3v) is 4.50. The molecule has 0 aromatic heterocycles. The Bertz CT molecular complexity index is 470. The molecule has 0 saturated heterocycles. The van der Waals surface area contributed by atoms with Gasteiger partial charge in [-0.2, -0.15) is 0 Å². The molecule has 0 radical (unpaired) electrons. The van der Waals surface area contributed by atoms with Crippen LogP contribution in [0.15, 0.2) is 22.7 Å². The molecule has 1 N–H and O–H groups in total. The molecule has 5 heteroatoms. The molecule has 0 amide bonds. The van der Waals surface area contributed by atoms with Crippen LogP contribution in [0.4, 0.5) is 5.69 Å². The number of rotatable bonds is 5. The average molecular weight is 313 g/mol. The van der Waals surface area contributed by atoms with E-state index in [9.17, 15) is 10.1 Å². The second-order valence-electron chi connectivity index (χ2n) is 5.36. The van der Waals surface area contributed by atoms with E-state index in [-0.39, 0.29) is 16.1 Å². The van der Waals surface area contributed by atoms with Crippen molar-refractivity contribution < 1.29 is 4.92 Å². The number of benzene rings is 1. The van der Waals surface area contributed by atoms with Crippen LogP contribution >= 0.6 is 15.9 Å². The van der Waals surface area contributed by atoms with E-state index in [1.54, 1.807) is 6.07 Å². The van der Waals surface area contributed by atoms with E-state index < -0.39 is 0 Å². The third kappa shape index (κ3) is 2.90. The van der Waals surface area contributed by atoms with Crippen molar-refractivity contribution in [3.05, 3.63) is 38.3 Å². The van der Waals surface area contributed by atoms with Gasteiger partial charge >= 0.3 is 0 Å². The summed E-state index contributed by atoms with van der Waals surface area (Å²) >= 11 is 3.32. The van der Waals surface area contributed by atoms with Crippen molar-refractivity contribution in [3.63, 3.8) is 0 Å². The monoisotopic (exact) mass is 312 g/mol. The molecule has 98 valence electrons. The molecule has 0 heterocycles. The van der Waals surface area contributed by atoms with E-state index in [0.29, 0.717) is 11.0 Å². The van der Waals surface area contributed by atoms with E-state index in [1.807, 2.05) is 6.07 Å². The van der Waals surface area contributed by atoms with E-state index >= 15 is 0 Å². The molecular formula is C13H17BrN2O2. The van der Waals surface area contributed by atoms with Gasteiger partial charge in [-0.05, 0) is 54.1 Å². The summed E-state index contributed by atoms with van der Waals surface area (Å²) in [6, 6.07) is 5.15. The van der Waals surface area contributed by atoms with E-state index in [1.165, 1.54) is 18.9 Å². The van der Waals surface area contributed by atoms with E-state index in [4.69, 9.17) is 0 Å². The van der Waals surface area contributed by atoms with Crippen LogP contribution < -0.4 is 5.32 Å². The number of nitrogens with zero attached hydrogens (tertiary/aromatic N) is 1. The fourth-order valence-corrected chi connectivity index (χ4v) is 2.67. The first kappa shape index (κ1) is 13.5. The lowest BCUT2D eigenvalue weighted by Crippen LogP contribution is -2.40. The number of nitrogens with one attached hydrogen (secondary N) is 1. The highest BCUT2D eigenvalue weighted by molar-refractivity contribution is 9.10. The first-order chi connectivity index (χ1) is 8.42. The molecule has 1 aliphatic carbocycles. The molecule has 1 fully saturated rings. The maximum Gasteiger partial charge on any atom is 0.283 e. The lowest BCUT2D eigenvalue weighted by atomic mass is 9.98. The minimum absolute atomic E-state index is 0.101. The number of nitro groups is 1. The molecule has 1 aromatic rings. The first-order valence-corrected chi connectivity index (χ1v) is 6.88. The molecule has 0 unspecified atom stereocenters. The Labute approximate surface area is 115 Å². The highest BCUT2D eigenvalue weighted by atomic mass is 79.9. The summed E-state index contributed by atoms with van der Waals surface area (Å²) < 4.78 is 0.578. The fraction of sp³-hybridized carbons (Fsp3) is 0.538. The Hall–Kier alpha value is -0.940. The summed E-state index contributed by atoms with van der Waals surface area (Å²) in [7, 11) is 0. The second-order valence-corrected chi connectivity index (χ2v) is 6.15. The largest absolute Gasteiger partial charge is 0.307 e. The molecular weight excluding hydrogens is 296 g/mol. The number of hydrogen-bond acceptors (Lipinski definition) is 3. The summed E-state index contributed by atoms with van der Waals surface area (Å²) in [5.74, 6) is 0.731. The van der Waals surface area contributed by atoms with Crippen molar-refractivity contribution >= 4 is 21.6 Å². The standard InChI is InChI=1S/C13H17BrN2O2/c1-13(2,10-6-7-10)15-8-9-4-3-5-11(12(9)14)16(17)18/h3-5,10,15H,6-8H2,1-2H3. The van der Waals surface area contributed by atoms with Crippen LogP contribution in [-0.4, -0.2) is 10.5 Å². The SMILES string of the molecule is CC(C)(NCc1cccc([N+](=O)[O-])c1Br)C1CC1. The maximum absolute atomic E-state index is 10.8. The second kappa shape index (κ2) is 4.97. The van der Waals surface area contributed by atoms with Gasteiger partial charge in [-0.15, -0.1) is 0 Å². The minimum Gasteiger partial charge on any atom is -0.307 e. The zero-order valence-corrected chi connectivity index (χ0v) is 12.2. The predicted molar refractivity (Wildman–Crippen MR) is 74.4 cm³/mol. The zero-order valence-electron chi connectivity index (χ0n) is 10.6. The van der Waals surface area contributed by atoms with Crippen LogP contribution in [0.25, 0.3) is 0 Å². The summed E-state index contributed by atoms with van der Waals surface area (Å²) in [4.78, 5) is 10.5. The van der Waals surface area contributed by atoms with Gasteiger partial charge in [0.2, 0.25) is 0 Å². The van der Waals surface area contributed by atoms with Gasteiger partial charge in [0.25, 0.3) is 5.69 Å². The van der Waals surface area contributed by atoms with Gasteiger partial charge in [0.05, 0.1) is 9.40 Å². The Morgan fingerprint density at radius 2 is 2.17 bits per heavy atom. The summed E-state index contributed by atoms with van der Waals surface area (Å²) in [5, 5.41) is 14.3. The van der Waals surface area contributed by atoms with Crippen molar-refractivity contribution in [2.24, 2.45) is 5.92 Å². The quantitative estimate of drug-likeness (QED) is 0.667. The van der Waals surface area contributed by atoms with Gasteiger partial charge in [0.1, 0.15) is 0 Å². The maximum atomic E-state index is 10.8. The van der Waals surface area contributed by atoms with Crippen LogP contribution in [-0.2, 0) is 6.54 Å². The minimum atomic E-state index is -0.361. The molecule has 4 nitrogen and oxygen atoms in total. The van der Waals surface area contributed by atoms with Crippen LogP contribution in [0.3, 0.4) is 0 Å². The summed E-state index contributed by atoms with van der Waals surface area (Å²) in [5.41, 5.74) is 1.15. The van der Waals surface area contributed by atoms with Gasteiger partial charge in [-0.3, -0.25) is 10.1 Å². The van der Waals surface area contributed by atoms with Crippen LogP contribution in [0.2, 0.25) is 0 Å². The summed E-state index contributed by atoms with van der Waals surface area (Å²) in [6.45, 7) is 5.03. The fourth-order valence-electron chi connectivity index (χ4n) is 2.12. The van der Waals surface area contributed by atoms with Crippen molar-refractivity contribution in [3.8, 4) is 0 Å². The van der Waals surface area contributed by atoms with Crippen LogP contribution in [0.1, 0.15) is 32.3 Å². The highest BCUT2D eigenvalue weighted by Gasteiger charge is 2.37.